The van der Waals surface area contributed by atoms with Crippen LogP contribution in [-0.2, 0) is 0 Å². The van der Waals surface area contributed by atoms with Crippen molar-refractivity contribution in [2.24, 2.45) is 0 Å². The van der Waals surface area contributed by atoms with Crippen molar-refractivity contribution in [2.75, 3.05) is 23.3 Å². The molecule has 1 saturated heterocycles. The highest BCUT2D eigenvalue weighted by atomic mass is 35.5. The van der Waals surface area contributed by atoms with E-state index in [1.54, 1.807) is 30.3 Å². The van der Waals surface area contributed by atoms with Gasteiger partial charge < -0.3 is 10.2 Å². The van der Waals surface area contributed by atoms with E-state index in [9.17, 15) is 14.9 Å². The van der Waals surface area contributed by atoms with Gasteiger partial charge in [-0.25, -0.2) is 0 Å². The van der Waals surface area contributed by atoms with Crippen molar-refractivity contribution in [2.45, 2.75) is 12.8 Å². The van der Waals surface area contributed by atoms with Crippen LogP contribution in [0.4, 0.5) is 17.1 Å². The van der Waals surface area contributed by atoms with Crippen LogP contribution in [0, 0.1) is 10.1 Å². The Bertz CT molecular complexity index is 948. The average molecular weight is 439 g/mol. The first kappa shape index (κ1) is 20.3. The van der Waals surface area contributed by atoms with E-state index in [1.165, 1.54) is 6.07 Å². The molecule has 1 fully saturated rings. The van der Waals surface area contributed by atoms with Crippen LogP contribution in [0.1, 0.15) is 23.2 Å². The molecule has 2 aromatic rings. The normalized spacial score (nSPS) is 13.3. The lowest BCUT2D eigenvalue weighted by Crippen LogP contribution is -2.34. The van der Waals surface area contributed by atoms with Crippen molar-refractivity contribution in [3.63, 3.8) is 0 Å². The number of nitro groups is 1. The van der Waals surface area contributed by atoms with E-state index in [-0.39, 0.29) is 16.4 Å². The molecule has 1 amide bonds. The molecule has 1 aliphatic heterocycles. The third kappa shape index (κ3) is 4.70. The molecule has 10 heteroatoms. The van der Waals surface area contributed by atoms with Gasteiger partial charge in [0.1, 0.15) is 5.69 Å². The van der Waals surface area contributed by atoms with Crippen molar-refractivity contribution >= 4 is 63.5 Å². The van der Waals surface area contributed by atoms with E-state index in [0.29, 0.717) is 21.4 Å². The van der Waals surface area contributed by atoms with Crippen molar-refractivity contribution in [1.82, 2.24) is 5.32 Å². The van der Waals surface area contributed by atoms with Crippen LogP contribution < -0.4 is 15.5 Å². The number of nitro benzene ring substituents is 1. The van der Waals surface area contributed by atoms with Crippen molar-refractivity contribution in [1.29, 1.82) is 0 Å². The quantitative estimate of drug-likeness (QED) is 0.411. The van der Waals surface area contributed by atoms with Gasteiger partial charge in [-0.05, 0) is 55.4 Å². The average Bonchev–Trinajstić information content (AvgIpc) is 3.18. The van der Waals surface area contributed by atoms with E-state index < -0.39 is 10.8 Å². The Morgan fingerprint density at radius 3 is 2.46 bits per heavy atom. The summed E-state index contributed by atoms with van der Waals surface area (Å²) in [5.41, 5.74) is 1.12. The molecule has 0 saturated carbocycles. The Labute approximate surface area is 176 Å². The monoisotopic (exact) mass is 438 g/mol. The van der Waals surface area contributed by atoms with Crippen LogP contribution in [0.15, 0.2) is 36.4 Å². The van der Waals surface area contributed by atoms with Gasteiger partial charge in [0.25, 0.3) is 11.6 Å². The number of nitrogens with zero attached hydrogens (tertiary/aromatic N) is 2. The molecule has 3 rings (SSSR count). The second-order valence-corrected chi connectivity index (χ2v) is 7.41. The number of thiocarbonyl (C=S) groups is 1. The minimum atomic E-state index is -0.548. The molecule has 1 aliphatic rings. The van der Waals surface area contributed by atoms with E-state index in [1.807, 2.05) is 4.90 Å². The summed E-state index contributed by atoms with van der Waals surface area (Å²) in [4.78, 5) is 25.4. The molecule has 0 unspecified atom stereocenters. The molecular formula is C18H16Cl2N4O3S. The molecule has 0 aliphatic carbocycles. The first-order chi connectivity index (χ1) is 13.3. The van der Waals surface area contributed by atoms with Crippen LogP contribution in [0.5, 0.6) is 0 Å². The molecular weight excluding hydrogens is 423 g/mol. The number of carbonyl (C=O) groups excluding carboxylic acids is 1. The molecule has 0 radical (unpaired) electrons. The zero-order chi connectivity index (χ0) is 20.3. The Kier molecular flexibility index (Phi) is 6.33. The molecule has 1 heterocycles. The molecule has 28 heavy (non-hydrogen) atoms. The van der Waals surface area contributed by atoms with Crippen LogP contribution in [-0.4, -0.2) is 29.0 Å². The largest absolute Gasteiger partial charge is 0.366 e. The van der Waals surface area contributed by atoms with E-state index in [2.05, 4.69) is 10.6 Å². The van der Waals surface area contributed by atoms with Crippen molar-refractivity contribution in [3.8, 4) is 0 Å². The SMILES string of the molecule is O=C(NC(=S)Nc1ccc(Cl)c(Cl)c1)c1ccc(N2CCCC2)c([N+](=O)[O-])c1. The van der Waals surface area contributed by atoms with Crippen LogP contribution in [0.3, 0.4) is 0 Å². The van der Waals surface area contributed by atoms with E-state index in [4.69, 9.17) is 35.4 Å². The molecule has 146 valence electrons. The highest BCUT2D eigenvalue weighted by Gasteiger charge is 2.24. The van der Waals surface area contributed by atoms with Crippen LogP contribution in [0.2, 0.25) is 10.0 Å². The van der Waals surface area contributed by atoms with Gasteiger partial charge in [-0.15, -0.1) is 0 Å². The summed E-state index contributed by atoms with van der Waals surface area (Å²) >= 11 is 16.9. The summed E-state index contributed by atoms with van der Waals surface area (Å²) in [6, 6.07) is 9.24. The zero-order valence-corrected chi connectivity index (χ0v) is 16.9. The third-order valence-corrected chi connectivity index (χ3v) is 5.23. The number of rotatable bonds is 4. The number of hydrogen-bond acceptors (Lipinski definition) is 5. The van der Waals surface area contributed by atoms with Crippen LogP contribution in [0.25, 0.3) is 0 Å². The lowest BCUT2D eigenvalue weighted by atomic mass is 10.1. The number of anilines is 2. The smallest absolute Gasteiger partial charge is 0.293 e. The van der Waals surface area contributed by atoms with Gasteiger partial charge in [0, 0.05) is 30.4 Å². The second-order valence-electron chi connectivity index (χ2n) is 6.19. The molecule has 0 bridgehead atoms. The summed E-state index contributed by atoms with van der Waals surface area (Å²) in [7, 11) is 0. The Balaban J connectivity index is 1.72. The van der Waals surface area contributed by atoms with Gasteiger partial charge in [0.15, 0.2) is 5.11 Å². The Hall–Kier alpha value is -2.42. The molecule has 0 atom stereocenters. The number of halogens is 2. The fourth-order valence-electron chi connectivity index (χ4n) is 2.95. The minimum absolute atomic E-state index is 0.0367. The molecule has 7 nitrogen and oxygen atoms in total. The first-order valence-corrected chi connectivity index (χ1v) is 9.62. The maximum Gasteiger partial charge on any atom is 0.293 e. The topological polar surface area (TPSA) is 87.5 Å². The number of hydrogen-bond donors (Lipinski definition) is 2. The summed E-state index contributed by atoms with van der Waals surface area (Å²) in [6.07, 6.45) is 1.99. The van der Waals surface area contributed by atoms with Crippen LogP contribution >= 0.6 is 35.4 Å². The number of nitrogens with one attached hydrogen (secondary N) is 2. The zero-order valence-electron chi connectivity index (χ0n) is 14.6. The molecule has 0 aromatic heterocycles. The second kappa shape index (κ2) is 8.72. The number of amides is 1. The standard InChI is InChI=1S/C18H16Cl2N4O3S/c19-13-5-4-12(10-14(13)20)21-18(28)22-17(25)11-3-6-15(16(9-11)24(26)27)23-7-1-2-8-23/h3-6,9-10H,1-2,7-8H2,(H2,21,22,25,28). The molecule has 2 aromatic carbocycles. The lowest BCUT2D eigenvalue weighted by molar-refractivity contribution is -0.384. The van der Waals surface area contributed by atoms with Gasteiger partial charge in [-0.2, -0.15) is 0 Å². The van der Waals surface area contributed by atoms with Gasteiger partial charge in [0.05, 0.1) is 15.0 Å². The van der Waals surface area contributed by atoms with Crippen molar-refractivity contribution < 1.29 is 9.72 Å². The maximum absolute atomic E-state index is 12.5. The summed E-state index contributed by atoms with van der Waals surface area (Å²) in [5, 5.41) is 17.6. The number of carbonyl (C=O) groups is 1. The first-order valence-electron chi connectivity index (χ1n) is 8.46. The van der Waals surface area contributed by atoms with Gasteiger partial charge in [-0.3, -0.25) is 20.2 Å². The van der Waals surface area contributed by atoms with Gasteiger partial charge in [0.2, 0.25) is 0 Å². The Morgan fingerprint density at radius 1 is 1.11 bits per heavy atom. The van der Waals surface area contributed by atoms with Gasteiger partial charge in [-0.1, -0.05) is 23.2 Å². The highest BCUT2D eigenvalue weighted by molar-refractivity contribution is 7.80. The molecule has 2 N–H and O–H groups in total. The predicted octanol–water partition coefficient (Wildman–Crippen LogP) is 4.63. The van der Waals surface area contributed by atoms with E-state index in [0.717, 1.165) is 25.9 Å². The van der Waals surface area contributed by atoms with Crippen molar-refractivity contribution in [3.05, 3.63) is 62.1 Å². The number of benzene rings is 2. The predicted molar refractivity (Wildman–Crippen MR) is 115 cm³/mol. The fraction of sp³-hybridized carbons (Fsp3) is 0.222. The summed E-state index contributed by atoms with van der Waals surface area (Å²) < 4.78 is 0. The Morgan fingerprint density at radius 2 is 1.82 bits per heavy atom. The molecule has 0 spiro atoms. The maximum atomic E-state index is 12.5. The summed E-state index contributed by atoms with van der Waals surface area (Å²) in [6.45, 7) is 1.54. The minimum Gasteiger partial charge on any atom is -0.366 e. The summed E-state index contributed by atoms with van der Waals surface area (Å²) in [5.74, 6) is -0.548. The fourth-order valence-corrected chi connectivity index (χ4v) is 3.46. The van der Waals surface area contributed by atoms with Gasteiger partial charge >= 0.3 is 0 Å². The third-order valence-electron chi connectivity index (χ3n) is 4.29. The lowest BCUT2D eigenvalue weighted by Gasteiger charge is -2.18. The highest BCUT2D eigenvalue weighted by Crippen LogP contribution is 2.31. The van der Waals surface area contributed by atoms with E-state index >= 15 is 0 Å².